The summed E-state index contributed by atoms with van der Waals surface area (Å²) in [5.41, 5.74) is 0.837. The highest BCUT2D eigenvalue weighted by molar-refractivity contribution is 5.92. The first kappa shape index (κ1) is 15.7. The van der Waals surface area contributed by atoms with E-state index in [9.17, 15) is 9.59 Å². The molecule has 2 heterocycles. The molecule has 0 saturated heterocycles. The molecule has 0 aliphatic carbocycles. The van der Waals surface area contributed by atoms with Crippen molar-refractivity contribution in [2.24, 2.45) is 7.05 Å². The molecule has 24 heavy (non-hydrogen) atoms. The Hall–Kier alpha value is -3.16. The van der Waals surface area contributed by atoms with Crippen LogP contribution in [0.3, 0.4) is 0 Å². The molecule has 0 radical (unpaired) electrons. The highest BCUT2D eigenvalue weighted by Crippen LogP contribution is 2.13. The van der Waals surface area contributed by atoms with Crippen LogP contribution in [0.1, 0.15) is 16.2 Å². The van der Waals surface area contributed by atoms with E-state index in [4.69, 9.17) is 4.52 Å². The Morgan fingerprint density at radius 2 is 2.04 bits per heavy atom. The van der Waals surface area contributed by atoms with E-state index >= 15 is 0 Å². The van der Waals surface area contributed by atoms with Crippen molar-refractivity contribution in [3.05, 3.63) is 58.3 Å². The Balaban J connectivity index is 1.68. The van der Waals surface area contributed by atoms with E-state index in [-0.39, 0.29) is 30.4 Å². The lowest BCUT2D eigenvalue weighted by Crippen LogP contribution is -2.31. The molecule has 3 aromatic rings. The van der Waals surface area contributed by atoms with E-state index in [0.717, 1.165) is 5.56 Å². The average Bonchev–Trinajstić information content (AvgIpc) is 3.14. The van der Waals surface area contributed by atoms with E-state index in [1.807, 2.05) is 30.3 Å². The molecular formula is C16H17N5O3. The first-order valence-electron chi connectivity index (χ1n) is 7.47. The third kappa shape index (κ3) is 3.12. The summed E-state index contributed by atoms with van der Waals surface area (Å²) in [5.74, 6) is 0.798. The lowest BCUT2D eigenvalue weighted by molar-refractivity contribution is 0.0942. The van der Waals surface area contributed by atoms with Gasteiger partial charge in [-0.25, -0.2) is 9.48 Å². The van der Waals surface area contributed by atoms with Crippen LogP contribution in [0.5, 0.6) is 0 Å². The molecule has 2 aromatic heterocycles. The molecule has 3 rings (SSSR count). The SMILES string of the molecule is Cc1cc(C(=O)NCCn2nc(-c3ccccc3)n(C)c2=O)no1. The van der Waals surface area contributed by atoms with Crippen LogP contribution in [0.4, 0.5) is 0 Å². The fourth-order valence-electron chi connectivity index (χ4n) is 2.31. The lowest BCUT2D eigenvalue weighted by Gasteiger charge is -2.02. The first-order valence-corrected chi connectivity index (χ1v) is 7.47. The molecule has 0 aliphatic rings. The molecular weight excluding hydrogens is 310 g/mol. The maximum absolute atomic E-state index is 12.2. The molecule has 0 unspecified atom stereocenters. The van der Waals surface area contributed by atoms with Gasteiger partial charge in [-0.1, -0.05) is 35.5 Å². The average molecular weight is 327 g/mol. The number of carbonyl (C=O) groups excluding carboxylic acids is 1. The van der Waals surface area contributed by atoms with Gasteiger partial charge in [-0.3, -0.25) is 9.36 Å². The number of nitrogens with one attached hydrogen (secondary N) is 1. The first-order chi connectivity index (χ1) is 11.6. The van der Waals surface area contributed by atoms with Crippen LogP contribution in [0, 0.1) is 6.92 Å². The normalized spacial score (nSPS) is 10.8. The van der Waals surface area contributed by atoms with Crippen LogP contribution in [0.25, 0.3) is 11.4 Å². The van der Waals surface area contributed by atoms with E-state index in [1.54, 1.807) is 20.0 Å². The van der Waals surface area contributed by atoms with E-state index in [2.05, 4.69) is 15.6 Å². The molecule has 1 amide bonds. The number of nitrogens with zero attached hydrogens (tertiary/aromatic N) is 4. The van der Waals surface area contributed by atoms with Crippen LogP contribution in [-0.4, -0.2) is 32.0 Å². The third-order valence-corrected chi connectivity index (χ3v) is 3.54. The Morgan fingerprint density at radius 3 is 2.71 bits per heavy atom. The van der Waals surface area contributed by atoms with Gasteiger partial charge in [0, 0.05) is 25.2 Å². The Labute approximate surface area is 137 Å². The monoisotopic (exact) mass is 327 g/mol. The topological polar surface area (TPSA) is 95.0 Å². The van der Waals surface area contributed by atoms with E-state index in [0.29, 0.717) is 11.6 Å². The summed E-state index contributed by atoms with van der Waals surface area (Å²) >= 11 is 0. The van der Waals surface area contributed by atoms with Crippen molar-refractivity contribution >= 4 is 5.91 Å². The van der Waals surface area contributed by atoms with E-state index in [1.165, 1.54) is 9.25 Å². The second kappa shape index (κ2) is 6.53. The maximum Gasteiger partial charge on any atom is 0.345 e. The Kier molecular flexibility index (Phi) is 4.28. The van der Waals surface area contributed by atoms with Gasteiger partial charge in [0.15, 0.2) is 11.5 Å². The highest BCUT2D eigenvalue weighted by atomic mass is 16.5. The van der Waals surface area contributed by atoms with Gasteiger partial charge in [-0.15, -0.1) is 5.10 Å². The minimum atomic E-state index is -0.348. The standard InChI is InChI=1S/C16H17N5O3/c1-11-10-13(19-24-11)15(22)17-8-9-21-16(23)20(2)14(18-21)12-6-4-3-5-7-12/h3-7,10H,8-9H2,1-2H3,(H,17,22). The number of aryl methyl sites for hydroxylation is 1. The quantitative estimate of drug-likeness (QED) is 0.753. The summed E-state index contributed by atoms with van der Waals surface area (Å²) in [6, 6.07) is 11.0. The lowest BCUT2D eigenvalue weighted by atomic mass is 10.2. The minimum absolute atomic E-state index is 0.214. The smallest absolute Gasteiger partial charge is 0.345 e. The van der Waals surface area contributed by atoms with Gasteiger partial charge in [-0.2, -0.15) is 0 Å². The zero-order valence-corrected chi connectivity index (χ0v) is 13.4. The summed E-state index contributed by atoms with van der Waals surface area (Å²) < 4.78 is 7.67. The fraction of sp³-hybridized carbons (Fsp3) is 0.250. The fourth-order valence-corrected chi connectivity index (χ4v) is 2.31. The number of hydrogen-bond donors (Lipinski definition) is 1. The molecule has 0 fully saturated rings. The van der Waals surface area contributed by atoms with Crippen molar-refractivity contribution in [2.45, 2.75) is 13.5 Å². The highest BCUT2D eigenvalue weighted by Gasteiger charge is 2.13. The second-order valence-corrected chi connectivity index (χ2v) is 5.33. The number of carbonyl (C=O) groups is 1. The van der Waals surface area contributed by atoms with Crippen molar-refractivity contribution in [1.29, 1.82) is 0 Å². The van der Waals surface area contributed by atoms with Gasteiger partial charge in [0.25, 0.3) is 5.91 Å². The molecule has 124 valence electrons. The zero-order valence-electron chi connectivity index (χ0n) is 13.4. The van der Waals surface area contributed by atoms with Crippen molar-refractivity contribution in [1.82, 2.24) is 24.8 Å². The maximum atomic E-state index is 12.2. The van der Waals surface area contributed by atoms with Crippen LogP contribution in [0.2, 0.25) is 0 Å². The molecule has 1 N–H and O–H groups in total. The molecule has 0 atom stereocenters. The molecule has 0 spiro atoms. The van der Waals surface area contributed by atoms with Crippen molar-refractivity contribution < 1.29 is 9.32 Å². The molecule has 8 nitrogen and oxygen atoms in total. The van der Waals surface area contributed by atoms with Gasteiger partial charge < -0.3 is 9.84 Å². The van der Waals surface area contributed by atoms with Gasteiger partial charge >= 0.3 is 5.69 Å². The largest absolute Gasteiger partial charge is 0.361 e. The van der Waals surface area contributed by atoms with Crippen molar-refractivity contribution in [2.75, 3.05) is 6.54 Å². The molecule has 0 bridgehead atoms. The number of rotatable bonds is 5. The van der Waals surface area contributed by atoms with Gasteiger partial charge in [0.2, 0.25) is 0 Å². The molecule has 0 saturated carbocycles. The Bertz CT molecular complexity index is 907. The summed E-state index contributed by atoms with van der Waals surface area (Å²) in [6.45, 7) is 2.24. The molecule has 0 aliphatic heterocycles. The molecule has 8 heteroatoms. The predicted octanol–water partition coefficient (Wildman–Crippen LogP) is 0.975. The van der Waals surface area contributed by atoms with Crippen molar-refractivity contribution in [3.8, 4) is 11.4 Å². The van der Waals surface area contributed by atoms with Crippen LogP contribution in [0.15, 0.2) is 45.7 Å². The summed E-state index contributed by atoms with van der Waals surface area (Å²) in [5, 5.41) is 10.7. The number of amides is 1. The summed E-state index contributed by atoms with van der Waals surface area (Å²) in [7, 11) is 1.67. The van der Waals surface area contributed by atoms with Crippen LogP contribution in [-0.2, 0) is 13.6 Å². The third-order valence-electron chi connectivity index (χ3n) is 3.54. The predicted molar refractivity (Wildman–Crippen MR) is 86.5 cm³/mol. The second-order valence-electron chi connectivity index (χ2n) is 5.33. The molecule has 1 aromatic carbocycles. The van der Waals surface area contributed by atoms with Gasteiger partial charge in [0.1, 0.15) is 5.76 Å². The Morgan fingerprint density at radius 1 is 1.29 bits per heavy atom. The van der Waals surface area contributed by atoms with Gasteiger partial charge in [0.05, 0.1) is 6.54 Å². The van der Waals surface area contributed by atoms with Crippen molar-refractivity contribution in [3.63, 3.8) is 0 Å². The number of hydrogen-bond acceptors (Lipinski definition) is 5. The zero-order chi connectivity index (χ0) is 17.1. The minimum Gasteiger partial charge on any atom is -0.361 e. The number of benzene rings is 1. The summed E-state index contributed by atoms with van der Waals surface area (Å²) in [6.07, 6.45) is 0. The number of aromatic nitrogens is 4. The van der Waals surface area contributed by atoms with E-state index < -0.39 is 0 Å². The summed E-state index contributed by atoms with van der Waals surface area (Å²) in [4.78, 5) is 24.1. The van der Waals surface area contributed by atoms with Crippen LogP contribution < -0.4 is 11.0 Å². The van der Waals surface area contributed by atoms with Crippen LogP contribution >= 0.6 is 0 Å². The van der Waals surface area contributed by atoms with Gasteiger partial charge in [-0.05, 0) is 6.92 Å².